The summed E-state index contributed by atoms with van der Waals surface area (Å²) >= 11 is 0. The maximum atomic E-state index is 9.00. The summed E-state index contributed by atoms with van der Waals surface area (Å²) in [5.41, 5.74) is 1.26. The van der Waals surface area contributed by atoms with Gasteiger partial charge in [0.2, 0.25) is 0 Å². The quantitative estimate of drug-likeness (QED) is 0.711. The Morgan fingerprint density at radius 1 is 1.22 bits per heavy atom. The predicted octanol–water partition coefficient (Wildman–Crippen LogP) is -0.222. The van der Waals surface area contributed by atoms with Gasteiger partial charge >= 0.3 is 7.12 Å². The lowest BCUT2D eigenvalue weighted by molar-refractivity contribution is 0.319. The van der Waals surface area contributed by atoms with Crippen molar-refractivity contribution in [3.05, 3.63) is 48.5 Å². The van der Waals surface area contributed by atoms with E-state index in [9.17, 15) is 0 Å². The Morgan fingerprint density at radius 2 is 2.11 bits per heavy atom. The van der Waals surface area contributed by atoms with Crippen molar-refractivity contribution in [2.24, 2.45) is 0 Å². The van der Waals surface area contributed by atoms with Crippen molar-refractivity contribution in [3.63, 3.8) is 0 Å². The zero-order valence-corrected chi connectivity index (χ0v) is 9.73. The molecule has 0 atom stereocenters. The predicted molar refractivity (Wildman–Crippen MR) is 67.5 cm³/mol. The average molecular weight is 244 g/mol. The molecular weight excluding hydrogens is 231 g/mol. The van der Waals surface area contributed by atoms with Crippen LogP contribution in [0.2, 0.25) is 0 Å². The number of hydrogen-bond acceptors (Lipinski definition) is 5. The van der Waals surface area contributed by atoms with Gasteiger partial charge in [-0.05, 0) is 18.2 Å². The maximum Gasteiger partial charge on any atom is 0.490 e. The molecule has 0 unspecified atom stereocenters. The Morgan fingerprint density at radius 3 is 2.83 bits per heavy atom. The number of ether oxygens (including phenoxy) is 1. The van der Waals surface area contributed by atoms with Crippen LogP contribution in [0.4, 0.5) is 0 Å². The second-order valence-electron chi connectivity index (χ2n) is 3.75. The minimum atomic E-state index is -1.53. The second-order valence-corrected chi connectivity index (χ2v) is 3.75. The first-order chi connectivity index (χ1) is 8.75. The molecular formula is C12H13BN2O3. The van der Waals surface area contributed by atoms with E-state index in [1.807, 2.05) is 18.2 Å². The molecule has 2 heterocycles. The highest BCUT2D eigenvalue weighted by molar-refractivity contribution is 6.58. The Balaban J connectivity index is 1.89. The summed E-state index contributed by atoms with van der Waals surface area (Å²) in [6.45, 7) is 0.462. The smallest absolute Gasteiger partial charge is 0.490 e. The fourth-order valence-corrected chi connectivity index (χ4v) is 1.48. The van der Waals surface area contributed by atoms with E-state index in [1.54, 1.807) is 12.3 Å². The van der Waals surface area contributed by atoms with E-state index in [-0.39, 0.29) is 0 Å². The molecule has 0 aliphatic heterocycles. The van der Waals surface area contributed by atoms with Gasteiger partial charge < -0.3 is 14.8 Å². The SMILES string of the molecule is OB(O)c1cncc(OCCc2ccccn2)c1. The molecule has 0 aliphatic carbocycles. The number of rotatable bonds is 5. The topological polar surface area (TPSA) is 75.5 Å². The first kappa shape index (κ1) is 12.5. The molecule has 0 aromatic carbocycles. The molecule has 0 aliphatic rings. The highest BCUT2D eigenvalue weighted by Gasteiger charge is 2.11. The summed E-state index contributed by atoms with van der Waals surface area (Å²) < 4.78 is 5.48. The Bertz CT molecular complexity index is 494. The zero-order chi connectivity index (χ0) is 12.8. The Kier molecular flexibility index (Phi) is 4.27. The molecule has 0 saturated heterocycles. The number of nitrogens with zero attached hydrogens (tertiary/aromatic N) is 2. The lowest BCUT2D eigenvalue weighted by atomic mass is 9.82. The van der Waals surface area contributed by atoms with E-state index in [4.69, 9.17) is 14.8 Å². The van der Waals surface area contributed by atoms with Gasteiger partial charge in [-0.25, -0.2) is 0 Å². The van der Waals surface area contributed by atoms with Crippen molar-refractivity contribution in [3.8, 4) is 5.75 Å². The molecule has 2 N–H and O–H groups in total. The van der Waals surface area contributed by atoms with E-state index in [0.717, 1.165) is 5.69 Å². The summed E-state index contributed by atoms with van der Waals surface area (Å²) in [5.74, 6) is 0.511. The molecule has 2 aromatic heterocycles. The van der Waals surface area contributed by atoms with Crippen molar-refractivity contribution in [2.45, 2.75) is 6.42 Å². The van der Waals surface area contributed by atoms with Crippen LogP contribution in [-0.2, 0) is 6.42 Å². The molecule has 2 rings (SSSR count). The molecule has 5 nitrogen and oxygen atoms in total. The average Bonchev–Trinajstić information content (AvgIpc) is 2.40. The first-order valence-electron chi connectivity index (χ1n) is 5.59. The highest BCUT2D eigenvalue weighted by atomic mass is 16.5. The lowest BCUT2D eigenvalue weighted by Gasteiger charge is -2.06. The lowest BCUT2D eigenvalue weighted by Crippen LogP contribution is -2.30. The van der Waals surface area contributed by atoms with E-state index >= 15 is 0 Å². The molecule has 0 saturated carbocycles. The minimum absolute atomic E-state index is 0.310. The third-order valence-electron chi connectivity index (χ3n) is 2.39. The second kappa shape index (κ2) is 6.14. The van der Waals surface area contributed by atoms with Crippen molar-refractivity contribution in [1.29, 1.82) is 0 Å². The summed E-state index contributed by atoms with van der Waals surface area (Å²) in [7, 11) is -1.53. The van der Waals surface area contributed by atoms with Crippen molar-refractivity contribution < 1.29 is 14.8 Å². The number of hydrogen-bond donors (Lipinski definition) is 2. The molecule has 0 bridgehead atoms. The maximum absolute atomic E-state index is 9.00. The molecule has 0 radical (unpaired) electrons. The van der Waals surface area contributed by atoms with Gasteiger partial charge in [-0.1, -0.05) is 6.07 Å². The summed E-state index contributed by atoms with van der Waals surface area (Å²) in [4.78, 5) is 8.05. The van der Waals surface area contributed by atoms with Gasteiger partial charge in [0.15, 0.2) is 0 Å². The van der Waals surface area contributed by atoms with Crippen LogP contribution in [0.1, 0.15) is 5.69 Å². The third kappa shape index (κ3) is 3.54. The van der Waals surface area contributed by atoms with E-state index in [1.165, 1.54) is 12.4 Å². The van der Waals surface area contributed by atoms with Gasteiger partial charge in [-0.2, -0.15) is 0 Å². The van der Waals surface area contributed by atoms with Crippen LogP contribution in [0.3, 0.4) is 0 Å². The standard InChI is InChI=1S/C12H13BN2O3/c16-13(17)10-7-12(9-14-8-10)18-6-4-11-3-1-2-5-15-11/h1-3,5,7-9,16-17H,4,6H2. The van der Waals surface area contributed by atoms with E-state index < -0.39 is 7.12 Å². The summed E-state index contributed by atoms with van der Waals surface area (Å²) in [6.07, 6.45) is 5.34. The summed E-state index contributed by atoms with van der Waals surface area (Å²) in [5, 5.41) is 18.0. The van der Waals surface area contributed by atoms with Crippen LogP contribution in [0.5, 0.6) is 5.75 Å². The fraction of sp³-hybridized carbons (Fsp3) is 0.167. The van der Waals surface area contributed by atoms with Crippen LogP contribution in [-0.4, -0.2) is 33.7 Å². The van der Waals surface area contributed by atoms with Crippen molar-refractivity contribution >= 4 is 12.6 Å². The number of pyridine rings is 2. The van der Waals surface area contributed by atoms with E-state index in [0.29, 0.717) is 24.2 Å². The molecule has 0 amide bonds. The van der Waals surface area contributed by atoms with Crippen molar-refractivity contribution in [1.82, 2.24) is 9.97 Å². The minimum Gasteiger partial charge on any atom is -0.492 e. The zero-order valence-electron chi connectivity index (χ0n) is 9.73. The van der Waals surface area contributed by atoms with Crippen LogP contribution < -0.4 is 10.2 Å². The first-order valence-corrected chi connectivity index (χ1v) is 5.59. The molecule has 2 aromatic rings. The summed E-state index contributed by atoms with van der Waals surface area (Å²) in [6, 6.07) is 7.26. The Labute approximate surface area is 105 Å². The van der Waals surface area contributed by atoms with Gasteiger partial charge in [-0.15, -0.1) is 0 Å². The monoisotopic (exact) mass is 244 g/mol. The molecule has 0 spiro atoms. The van der Waals surface area contributed by atoms with Gasteiger partial charge in [0.25, 0.3) is 0 Å². The molecule has 92 valence electrons. The number of aromatic nitrogens is 2. The fourth-order valence-electron chi connectivity index (χ4n) is 1.48. The van der Waals surface area contributed by atoms with Crippen LogP contribution in [0.25, 0.3) is 0 Å². The molecule has 6 heteroatoms. The normalized spacial score (nSPS) is 10.1. The largest absolute Gasteiger partial charge is 0.492 e. The van der Waals surface area contributed by atoms with Crippen LogP contribution in [0, 0.1) is 0 Å². The molecule has 18 heavy (non-hydrogen) atoms. The highest BCUT2D eigenvalue weighted by Crippen LogP contribution is 2.06. The van der Waals surface area contributed by atoms with Gasteiger partial charge in [0, 0.05) is 30.0 Å². The van der Waals surface area contributed by atoms with Gasteiger partial charge in [-0.3, -0.25) is 9.97 Å². The van der Waals surface area contributed by atoms with Gasteiger partial charge in [0.05, 0.1) is 12.8 Å². The van der Waals surface area contributed by atoms with Crippen molar-refractivity contribution in [2.75, 3.05) is 6.61 Å². The van der Waals surface area contributed by atoms with E-state index in [2.05, 4.69) is 9.97 Å². The van der Waals surface area contributed by atoms with Crippen LogP contribution >= 0.6 is 0 Å². The third-order valence-corrected chi connectivity index (χ3v) is 2.39. The molecule has 0 fully saturated rings. The van der Waals surface area contributed by atoms with Gasteiger partial charge in [0.1, 0.15) is 5.75 Å². The Hall–Kier alpha value is -1.92. The van der Waals surface area contributed by atoms with Crippen LogP contribution in [0.15, 0.2) is 42.9 Å².